The minimum atomic E-state index is -0.927. The number of nitrogens with two attached hydrogens (primary N) is 1. The smallest absolute Gasteiger partial charge is 0.262 e. The molecule has 4 fully saturated rings. The van der Waals surface area contributed by atoms with Gasteiger partial charge in [-0.2, -0.15) is 0 Å². The summed E-state index contributed by atoms with van der Waals surface area (Å²) in [5.74, 6) is -0.779. The predicted octanol–water partition coefficient (Wildman–Crippen LogP) is -0.133. The van der Waals surface area contributed by atoms with Gasteiger partial charge >= 0.3 is 0 Å². The van der Waals surface area contributed by atoms with E-state index < -0.39 is 23.8 Å². The van der Waals surface area contributed by atoms with Gasteiger partial charge in [0.05, 0.1) is 11.1 Å². The summed E-state index contributed by atoms with van der Waals surface area (Å²) in [7, 11) is 0. The van der Waals surface area contributed by atoms with E-state index in [1.54, 1.807) is 12.1 Å². The van der Waals surface area contributed by atoms with E-state index >= 15 is 0 Å². The number of imide groups is 2. The van der Waals surface area contributed by atoms with Crippen LogP contribution in [0.25, 0.3) is 0 Å². The van der Waals surface area contributed by atoms with Crippen LogP contribution in [0.3, 0.4) is 0 Å². The molecule has 2 bridgehead atoms. The third-order valence-electron chi connectivity index (χ3n) is 6.59. The largest absolute Gasteiger partial charge is 0.327 e. The van der Waals surface area contributed by atoms with Crippen molar-refractivity contribution in [3.05, 3.63) is 34.9 Å². The lowest BCUT2D eigenvalue weighted by molar-refractivity contribution is -0.136. The van der Waals surface area contributed by atoms with Gasteiger partial charge in [0.25, 0.3) is 11.8 Å². The summed E-state index contributed by atoms with van der Waals surface area (Å²) in [6.07, 6.45) is 1.49. The first kappa shape index (κ1) is 17.5. The first-order valence-corrected chi connectivity index (χ1v) is 9.75. The Morgan fingerprint density at radius 1 is 1.04 bits per heavy atom. The highest BCUT2D eigenvalue weighted by Crippen LogP contribution is 2.39. The molecular weight excluding hydrogens is 360 g/mol. The molecule has 0 spiro atoms. The van der Waals surface area contributed by atoms with E-state index in [1.165, 1.54) is 6.42 Å². The molecule has 1 aliphatic carbocycles. The van der Waals surface area contributed by atoms with Crippen LogP contribution in [0.1, 0.15) is 45.5 Å². The molecule has 3 atom stereocenters. The summed E-state index contributed by atoms with van der Waals surface area (Å²) in [4.78, 5) is 52.5. The lowest BCUT2D eigenvalue weighted by atomic mass is 9.67. The van der Waals surface area contributed by atoms with Gasteiger partial charge in [-0.3, -0.25) is 34.3 Å². The number of benzene rings is 1. The fourth-order valence-electron chi connectivity index (χ4n) is 5.03. The van der Waals surface area contributed by atoms with Crippen LogP contribution in [0.15, 0.2) is 18.2 Å². The van der Waals surface area contributed by atoms with Crippen LogP contribution in [0.4, 0.5) is 0 Å². The minimum absolute atomic E-state index is 0.120. The molecule has 4 amide bonds. The normalized spacial score (nSPS) is 32.2. The summed E-state index contributed by atoms with van der Waals surface area (Å²) in [6, 6.07) is 4.70. The Bertz CT molecular complexity index is 901. The molecule has 4 aliphatic heterocycles. The van der Waals surface area contributed by atoms with Crippen molar-refractivity contribution in [1.29, 1.82) is 0 Å². The molecule has 3 N–H and O–H groups in total. The molecule has 3 saturated heterocycles. The van der Waals surface area contributed by atoms with Crippen molar-refractivity contribution < 1.29 is 19.2 Å². The maximum absolute atomic E-state index is 12.9. The number of piperidine rings is 3. The third-order valence-corrected chi connectivity index (χ3v) is 6.59. The first-order valence-electron chi connectivity index (χ1n) is 9.75. The van der Waals surface area contributed by atoms with Gasteiger partial charge in [-0.25, -0.2) is 0 Å². The standard InChI is InChI=1S/C20H22N4O4/c21-17-11-6-12(17)9-23(8-11)7-10-1-2-13-14(5-10)20(28)24(19(13)27)15-3-4-16(25)22-18(15)26/h1-2,5,11-12,15,17H,3-4,6-9,21H2,(H,22,25,26). The fraction of sp³-hybridized carbons (Fsp3) is 0.500. The molecule has 1 saturated carbocycles. The molecule has 6 rings (SSSR count). The van der Waals surface area contributed by atoms with Gasteiger partial charge in [0.1, 0.15) is 6.04 Å². The highest BCUT2D eigenvalue weighted by Gasteiger charge is 2.46. The Morgan fingerprint density at radius 3 is 2.43 bits per heavy atom. The Labute approximate surface area is 162 Å². The highest BCUT2D eigenvalue weighted by atomic mass is 16.2. The summed E-state index contributed by atoms with van der Waals surface area (Å²) < 4.78 is 0. The summed E-state index contributed by atoms with van der Waals surface area (Å²) in [6.45, 7) is 2.64. The van der Waals surface area contributed by atoms with Crippen LogP contribution < -0.4 is 11.1 Å². The molecule has 8 nitrogen and oxygen atoms in total. The number of carbonyl (C=O) groups is 4. The van der Waals surface area contributed by atoms with Crippen LogP contribution in [0, 0.1) is 11.8 Å². The number of carbonyl (C=O) groups excluding carboxylic acids is 4. The molecule has 0 aromatic heterocycles. The van der Waals surface area contributed by atoms with E-state index in [0.717, 1.165) is 23.6 Å². The van der Waals surface area contributed by atoms with E-state index in [-0.39, 0.29) is 18.7 Å². The molecule has 146 valence electrons. The van der Waals surface area contributed by atoms with Gasteiger partial charge in [-0.05, 0) is 42.4 Å². The zero-order valence-corrected chi connectivity index (χ0v) is 15.4. The molecule has 8 heteroatoms. The van der Waals surface area contributed by atoms with Crippen molar-refractivity contribution in [3.63, 3.8) is 0 Å². The lowest BCUT2D eigenvalue weighted by Crippen LogP contribution is -2.61. The van der Waals surface area contributed by atoms with Crippen molar-refractivity contribution >= 4 is 23.6 Å². The zero-order valence-electron chi connectivity index (χ0n) is 15.4. The molecule has 3 unspecified atom stereocenters. The average molecular weight is 382 g/mol. The van der Waals surface area contributed by atoms with Crippen LogP contribution in [-0.2, 0) is 16.1 Å². The number of rotatable bonds is 3. The maximum Gasteiger partial charge on any atom is 0.262 e. The van der Waals surface area contributed by atoms with Crippen molar-refractivity contribution in [2.24, 2.45) is 17.6 Å². The molecule has 4 heterocycles. The Kier molecular flexibility index (Phi) is 3.89. The SMILES string of the molecule is NC1C2CC1CN(Cc1ccc3c(c1)C(=O)N(C1CCC(=O)NC1=O)C3=O)C2. The highest BCUT2D eigenvalue weighted by molar-refractivity contribution is 6.23. The number of fused-ring (bicyclic) bond motifs is 3. The van der Waals surface area contributed by atoms with Gasteiger partial charge in [-0.1, -0.05) is 6.07 Å². The van der Waals surface area contributed by atoms with E-state index in [2.05, 4.69) is 10.2 Å². The first-order chi connectivity index (χ1) is 13.4. The van der Waals surface area contributed by atoms with Crippen LogP contribution in [0.5, 0.6) is 0 Å². The topological polar surface area (TPSA) is 113 Å². The van der Waals surface area contributed by atoms with Crippen molar-refractivity contribution in [2.75, 3.05) is 13.1 Å². The lowest BCUT2D eigenvalue weighted by Gasteiger charge is -2.52. The van der Waals surface area contributed by atoms with Gasteiger partial charge in [-0.15, -0.1) is 0 Å². The maximum atomic E-state index is 12.9. The second kappa shape index (κ2) is 6.22. The van der Waals surface area contributed by atoms with Crippen molar-refractivity contribution in [3.8, 4) is 0 Å². The van der Waals surface area contributed by atoms with E-state index in [9.17, 15) is 19.2 Å². The van der Waals surface area contributed by atoms with Crippen molar-refractivity contribution in [1.82, 2.24) is 15.1 Å². The van der Waals surface area contributed by atoms with Gasteiger partial charge in [0, 0.05) is 32.1 Å². The molecule has 1 aromatic carbocycles. The number of nitrogens with zero attached hydrogens (tertiary/aromatic N) is 2. The fourth-order valence-corrected chi connectivity index (χ4v) is 5.03. The molecule has 0 radical (unpaired) electrons. The van der Waals surface area contributed by atoms with Crippen LogP contribution in [0.2, 0.25) is 0 Å². The number of hydrogen-bond donors (Lipinski definition) is 2. The summed E-state index contributed by atoms with van der Waals surface area (Å²) in [5, 5.41) is 2.21. The summed E-state index contributed by atoms with van der Waals surface area (Å²) >= 11 is 0. The monoisotopic (exact) mass is 382 g/mol. The predicted molar refractivity (Wildman–Crippen MR) is 98.0 cm³/mol. The van der Waals surface area contributed by atoms with Gasteiger partial charge in [0.15, 0.2) is 0 Å². The van der Waals surface area contributed by atoms with E-state index in [1.807, 2.05) is 6.07 Å². The second-order valence-corrected chi connectivity index (χ2v) is 8.35. The molecule has 1 aromatic rings. The van der Waals surface area contributed by atoms with Crippen LogP contribution in [-0.4, -0.2) is 58.6 Å². The molecule has 5 aliphatic rings. The molecule has 28 heavy (non-hydrogen) atoms. The average Bonchev–Trinajstić information content (AvgIpc) is 2.92. The van der Waals surface area contributed by atoms with Gasteiger partial charge in [0.2, 0.25) is 11.8 Å². The quantitative estimate of drug-likeness (QED) is 0.704. The second-order valence-electron chi connectivity index (χ2n) is 8.35. The number of amides is 4. The number of nitrogens with one attached hydrogen (secondary N) is 1. The number of hydrogen-bond acceptors (Lipinski definition) is 6. The zero-order chi connectivity index (χ0) is 19.6. The van der Waals surface area contributed by atoms with E-state index in [0.29, 0.717) is 35.5 Å². The van der Waals surface area contributed by atoms with E-state index in [4.69, 9.17) is 5.73 Å². The summed E-state index contributed by atoms with van der Waals surface area (Å²) in [5.41, 5.74) is 7.76. The minimum Gasteiger partial charge on any atom is -0.327 e. The Morgan fingerprint density at radius 2 is 1.75 bits per heavy atom. The Balaban J connectivity index is 1.34. The van der Waals surface area contributed by atoms with Crippen LogP contribution >= 0.6 is 0 Å². The Hall–Kier alpha value is -2.58. The van der Waals surface area contributed by atoms with Gasteiger partial charge < -0.3 is 5.73 Å². The molecular formula is C20H22N4O4. The third kappa shape index (κ3) is 2.59. The van der Waals surface area contributed by atoms with Crippen molar-refractivity contribution in [2.45, 2.75) is 37.9 Å².